The molecule has 0 unspecified atom stereocenters. The van der Waals surface area contributed by atoms with Crippen molar-refractivity contribution < 1.29 is 0 Å². The van der Waals surface area contributed by atoms with Gasteiger partial charge in [0.05, 0.1) is 0 Å². The third kappa shape index (κ3) is 4.68. The summed E-state index contributed by atoms with van der Waals surface area (Å²) in [5.41, 5.74) is 13.3. The Morgan fingerprint density at radius 1 is 0.457 bits per heavy atom. The van der Waals surface area contributed by atoms with Crippen LogP contribution in [0.1, 0.15) is 107 Å². The number of nitrogens with zero attached hydrogens (tertiary/aromatic N) is 2. The third-order valence-corrected chi connectivity index (χ3v) is 46.6. The van der Waals surface area contributed by atoms with Gasteiger partial charge in [0.15, 0.2) is 0 Å². The Balaban J connectivity index is 1.24. The van der Waals surface area contributed by atoms with Gasteiger partial charge >= 0.3 is 287 Å². The summed E-state index contributed by atoms with van der Waals surface area (Å²) in [5.74, 6) is 0. The van der Waals surface area contributed by atoms with E-state index in [1.807, 2.05) is 0 Å². The van der Waals surface area contributed by atoms with Crippen molar-refractivity contribution in [3.8, 4) is 11.1 Å². The summed E-state index contributed by atoms with van der Waals surface area (Å²) in [6, 6.07) is 20.3. The molecule has 0 saturated carbocycles. The van der Waals surface area contributed by atoms with Gasteiger partial charge in [-0.25, -0.2) is 0 Å². The zero-order valence-corrected chi connectivity index (χ0v) is 35.2. The molecule has 5 fully saturated rings. The van der Waals surface area contributed by atoms with E-state index in [-0.39, 0.29) is 0 Å². The fourth-order valence-electron chi connectivity index (χ4n) is 13.0. The second kappa shape index (κ2) is 12.2. The minimum atomic E-state index is -1.66. The summed E-state index contributed by atoms with van der Waals surface area (Å²) in [5, 5.41) is 0. The van der Waals surface area contributed by atoms with E-state index in [1.54, 1.807) is 23.7 Å². The van der Waals surface area contributed by atoms with Crippen LogP contribution in [-0.4, -0.2) is 70.9 Å². The summed E-state index contributed by atoms with van der Waals surface area (Å²) in [7, 11) is -6.42. The molecular formula is C40H70N2P4. The zero-order chi connectivity index (χ0) is 32.8. The normalized spacial score (nSPS) is 39.9. The molecule has 5 aliphatic rings. The van der Waals surface area contributed by atoms with Crippen LogP contribution in [0.5, 0.6) is 0 Å². The molecule has 2 aromatic carbocycles. The molecule has 7 rings (SSSR count). The van der Waals surface area contributed by atoms with Crippen molar-refractivity contribution in [2.24, 2.45) is 0 Å². The SMILES string of the molecule is C[C@H]1CC[C@H](C)[PH]1(C)N(c1ccc(-c2ccc(N3[PH]4(CC[PH]35[C@@H](C)CC[C@@H]5C)[C@@H](C)CC[C@@H]4C)cc2)cc1)[PH]1(C)[C@@H](C)CC[C@@H]1C. The number of benzene rings is 2. The van der Waals surface area contributed by atoms with Gasteiger partial charge in [-0.3, -0.25) is 0 Å². The minimum absolute atomic E-state index is 0.874. The van der Waals surface area contributed by atoms with Crippen molar-refractivity contribution in [2.45, 2.75) is 152 Å². The number of rotatable bonds is 5. The molecule has 0 N–H and O–H groups in total. The van der Waals surface area contributed by atoms with Gasteiger partial charge < -0.3 is 0 Å². The second-order valence-corrected chi connectivity index (χ2v) is 38.7. The molecule has 6 heteroatoms. The maximum atomic E-state index is 3.35. The Hall–Kier alpha value is -0.240. The molecule has 5 heterocycles. The first-order valence-corrected chi connectivity index (χ1v) is 29.5. The molecule has 5 saturated heterocycles. The predicted molar refractivity (Wildman–Crippen MR) is 224 cm³/mol. The van der Waals surface area contributed by atoms with Crippen LogP contribution in [0, 0.1) is 0 Å². The Labute approximate surface area is 286 Å². The van der Waals surface area contributed by atoms with E-state index in [0.717, 1.165) is 45.3 Å². The molecule has 260 valence electrons. The maximum absolute atomic E-state index is 3.35. The van der Waals surface area contributed by atoms with Crippen molar-refractivity contribution in [1.82, 2.24) is 0 Å². The van der Waals surface area contributed by atoms with Gasteiger partial charge in [-0.05, 0) is 0 Å². The quantitative estimate of drug-likeness (QED) is 0.286. The molecule has 5 aliphatic heterocycles. The average molecular weight is 703 g/mol. The van der Waals surface area contributed by atoms with E-state index in [2.05, 4.69) is 126 Å². The molecule has 8 atom stereocenters. The Morgan fingerprint density at radius 3 is 1.11 bits per heavy atom. The van der Waals surface area contributed by atoms with E-state index >= 15 is 0 Å². The van der Waals surface area contributed by atoms with Gasteiger partial charge in [-0.15, -0.1) is 0 Å². The third-order valence-electron chi connectivity index (χ3n) is 16.8. The fraction of sp³-hybridized carbons (Fsp3) is 0.700. The Kier molecular flexibility index (Phi) is 9.09. The molecule has 2 aromatic rings. The summed E-state index contributed by atoms with van der Waals surface area (Å²) in [4.78, 5) is 0. The molecule has 0 bridgehead atoms. The Bertz CT molecular complexity index is 1260. The summed E-state index contributed by atoms with van der Waals surface area (Å²) >= 11 is 0. The van der Waals surface area contributed by atoms with Gasteiger partial charge in [0.1, 0.15) is 0 Å². The van der Waals surface area contributed by atoms with E-state index in [0.29, 0.717) is 0 Å². The van der Waals surface area contributed by atoms with Gasteiger partial charge in [0.2, 0.25) is 0 Å². The van der Waals surface area contributed by atoms with Gasteiger partial charge in [-0.2, -0.15) is 0 Å². The topological polar surface area (TPSA) is 6.48 Å². The van der Waals surface area contributed by atoms with Crippen LogP contribution in [-0.2, 0) is 0 Å². The number of anilines is 2. The van der Waals surface area contributed by atoms with Crippen molar-refractivity contribution in [3.05, 3.63) is 48.5 Å². The molecule has 0 aliphatic carbocycles. The van der Waals surface area contributed by atoms with E-state index in [1.165, 1.54) is 62.5 Å². The molecule has 2 nitrogen and oxygen atoms in total. The van der Waals surface area contributed by atoms with Crippen LogP contribution in [0.25, 0.3) is 11.1 Å². The monoisotopic (exact) mass is 702 g/mol. The first kappa shape index (κ1) is 34.2. The van der Waals surface area contributed by atoms with Crippen molar-refractivity contribution in [2.75, 3.05) is 34.5 Å². The van der Waals surface area contributed by atoms with Crippen LogP contribution in [0.3, 0.4) is 0 Å². The van der Waals surface area contributed by atoms with E-state index in [4.69, 9.17) is 0 Å². The predicted octanol–water partition coefficient (Wildman–Crippen LogP) is 12.2. The van der Waals surface area contributed by atoms with Crippen LogP contribution in [0.4, 0.5) is 11.4 Å². The number of hydrogen-bond acceptors (Lipinski definition) is 2. The number of hydrogen-bond donors (Lipinski definition) is 0. The molecule has 0 aromatic heterocycles. The van der Waals surface area contributed by atoms with Gasteiger partial charge in [0.25, 0.3) is 0 Å². The summed E-state index contributed by atoms with van der Waals surface area (Å²) in [6.45, 7) is 26.6. The van der Waals surface area contributed by atoms with E-state index < -0.39 is 29.7 Å². The first-order chi connectivity index (χ1) is 21.8. The molecule has 0 amide bonds. The standard InChI is InChI=1S/C40H70N2P4/c1-29-11-12-30(2)43(29,9)41(44(10)31(3)13-14-32(44)4)39-23-19-37(20-24-39)38-21-25-40(26-22-38)42-45(33(5)15-16-34(45)6)27-28-46(42)35(7)17-18-36(46)8/h19-26,29-36,43-46H,11-18,27-28H2,1-10H3/t29-,30-,31-,32-,33-,34-,35-,36-/m0/s1. The zero-order valence-electron chi connectivity index (χ0n) is 31.2. The fourth-order valence-corrected chi connectivity index (χ4v) is 47.6. The summed E-state index contributed by atoms with van der Waals surface area (Å²) in [6.07, 6.45) is 14.8. The van der Waals surface area contributed by atoms with Crippen molar-refractivity contribution in [1.29, 1.82) is 0 Å². The van der Waals surface area contributed by atoms with Crippen LogP contribution in [0.15, 0.2) is 48.5 Å². The van der Waals surface area contributed by atoms with Gasteiger partial charge in [-0.1, -0.05) is 0 Å². The van der Waals surface area contributed by atoms with Gasteiger partial charge in [0, 0.05) is 0 Å². The molecule has 46 heavy (non-hydrogen) atoms. The van der Waals surface area contributed by atoms with E-state index in [9.17, 15) is 0 Å². The van der Waals surface area contributed by atoms with Crippen LogP contribution < -0.4 is 8.88 Å². The van der Waals surface area contributed by atoms with Crippen LogP contribution in [0.2, 0.25) is 0 Å². The molecule has 0 radical (unpaired) electrons. The average Bonchev–Trinajstić information content (AvgIpc) is 3.80. The van der Waals surface area contributed by atoms with Crippen LogP contribution >= 0.6 is 29.7 Å². The first-order valence-electron chi connectivity index (χ1n) is 19.6. The Morgan fingerprint density at radius 2 is 0.761 bits per heavy atom. The van der Waals surface area contributed by atoms with Crippen molar-refractivity contribution >= 4 is 41.0 Å². The summed E-state index contributed by atoms with van der Waals surface area (Å²) < 4.78 is 6.59. The van der Waals surface area contributed by atoms with Crippen molar-refractivity contribution in [3.63, 3.8) is 0 Å². The molecule has 2 spiro atoms. The second-order valence-electron chi connectivity index (χ2n) is 18.2. The molecular weight excluding hydrogens is 632 g/mol.